The van der Waals surface area contributed by atoms with Gasteiger partial charge in [-0.2, -0.15) is 0 Å². The van der Waals surface area contributed by atoms with Crippen molar-refractivity contribution in [3.63, 3.8) is 0 Å². The van der Waals surface area contributed by atoms with Crippen LogP contribution in [0.1, 0.15) is 44.9 Å². The lowest BCUT2D eigenvalue weighted by Gasteiger charge is -2.31. The van der Waals surface area contributed by atoms with Gasteiger partial charge in [-0.1, -0.05) is 12.8 Å². The normalized spacial score (nSPS) is 35.0. The molecule has 0 bridgehead atoms. The molecule has 2 saturated carbocycles. The van der Waals surface area contributed by atoms with Gasteiger partial charge in [0.05, 0.1) is 5.92 Å². The molecule has 19 heavy (non-hydrogen) atoms. The number of hydrogen-bond donors (Lipinski definition) is 3. The van der Waals surface area contributed by atoms with Crippen LogP contribution in [-0.2, 0) is 9.59 Å². The summed E-state index contributed by atoms with van der Waals surface area (Å²) in [5, 5.41) is 21.3. The molecule has 108 valence electrons. The van der Waals surface area contributed by atoms with Crippen LogP contribution in [0.4, 0.5) is 0 Å². The zero-order valence-electron chi connectivity index (χ0n) is 11.2. The second-order valence-electron chi connectivity index (χ2n) is 5.89. The van der Waals surface area contributed by atoms with Crippen molar-refractivity contribution in [1.29, 1.82) is 0 Å². The van der Waals surface area contributed by atoms with Gasteiger partial charge in [-0.3, -0.25) is 9.59 Å². The third-order valence-corrected chi connectivity index (χ3v) is 4.62. The minimum Gasteiger partial charge on any atom is -0.481 e. The highest BCUT2D eigenvalue weighted by Crippen LogP contribution is 2.32. The lowest BCUT2D eigenvalue weighted by Crippen LogP contribution is -2.45. The van der Waals surface area contributed by atoms with E-state index in [0.717, 1.165) is 25.7 Å². The number of rotatable bonds is 4. The van der Waals surface area contributed by atoms with Gasteiger partial charge in [0.1, 0.15) is 0 Å². The van der Waals surface area contributed by atoms with Crippen LogP contribution in [0.2, 0.25) is 0 Å². The van der Waals surface area contributed by atoms with E-state index < -0.39 is 5.97 Å². The number of nitrogens with one attached hydrogen (secondary N) is 1. The third kappa shape index (κ3) is 3.47. The Bertz CT molecular complexity index is 344. The molecule has 1 amide bonds. The molecule has 2 fully saturated rings. The lowest BCUT2D eigenvalue weighted by molar-refractivity contribution is -0.141. The molecular formula is C14H23NO4. The number of carbonyl (C=O) groups excluding carboxylic acids is 1. The van der Waals surface area contributed by atoms with Crippen LogP contribution in [-0.4, -0.2) is 34.7 Å². The fourth-order valence-electron chi connectivity index (χ4n) is 3.36. The molecule has 5 nitrogen and oxygen atoms in total. The summed E-state index contributed by atoms with van der Waals surface area (Å²) in [6.45, 7) is 0.118. The van der Waals surface area contributed by atoms with Crippen molar-refractivity contribution in [1.82, 2.24) is 5.32 Å². The van der Waals surface area contributed by atoms with Crippen molar-refractivity contribution in [2.75, 3.05) is 6.61 Å². The van der Waals surface area contributed by atoms with Crippen molar-refractivity contribution in [2.24, 2.45) is 17.8 Å². The van der Waals surface area contributed by atoms with Crippen molar-refractivity contribution in [3.8, 4) is 0 Å². The Hall–Kier alpha value is -1.10. The highest BCUT2D eigenvalue weighted by molar-refractivity contribution is 5.81. The van der Waals surface area contributed by atoms with Crippen LogP contribution in [0.5, 0.6) is 0 Å². The second-order valence-corrected chi connectivity index (χ2v) is 5.89. The van der Waals surface area contributed by atoms with E-state index in [1.54, 1.807) is 0 Å². The molecule has 0 aromatic rings. The largest absolute Gasteiger partial charge is 0.481 e. The van der Waals surface area contributed by atoms with Crippen LogP contribution in [0.3, 0.4) is 0 Å². The van der Waals surface area contributed by atoms with Crippen LogP contribution < -0.4 is 5.32 Å². The maximum atomic E-state index is 12.2. The van der Waals surface area contributed by atoms with Gasteiger partial charge in [0.25, 0.3) is 0 Å². The van der Waals surface area contributed by atoms with E-state index in [0.29, 0.717) is 19.3 Å². The summed E-state index contributed by atoms with van der Waals surface area (Å²) in [5.41, 5.74) is 0. The summed E-state index contributed by atoms with van der Waals surface area (Å²) in [6, 6.07) is 0.0649. The van der Waals surface area contributed by atoms with Crippen LogP contribution in [0.25, 0.3) is 0 Å². The first-order valence-electron chi connectivity index (χ1n) is 7.26. The quantitative estimate of drug-likeness (QED) is 0.714. The van der Waals surface area contributed by atoms with Gasteiger partial charge >= 0.3 is 5.97 Å². The summed E-state index contributed by atoms with van der Waals surface area (Å²) < 4.78 is 0. The maximum absolute atomic E-state index is 12.2. The SMILES string of the molecule is O=C(O)C1CCC(C(=O)NC2CCCCC2CO)C1. The van der Waals surface area contributed by atoms with Crippen molar-refractivity contribution < 1.29 is 19.8 Å². The third-order valence-electron chi connectivity index (χ3n) is 4.62. The molecule has 0 radical (unpaired) electrons. The predicted molar refractivity (Wildman–Crippen MR) is 69.4 cm³/mol. The summed E-state index contributed by atoms with van der Waals surface area (Å²) in [7, 11) is 0. The molecule has 2 rings (SSSR count). The van der Waals surface area contributed by atoms with E-state index >= 15 is 0 Å². The summed E-state index contributed by atoms with van der Waals surface area (Å²) in [6.07, 6.45) is 5.81. The Labute approximate surface area is 113 Å². The first-order valence-corrected chi connectivity index (χ1v) is 7.26. The first-order chi connectivity index (χ1) is 9.11. The first kappa shape index (κ1) is 14.3. The summed E-state index contributed by atoms with van der Waals surface area (Å²) >= 11 is 0. The fraction of sp³-hybridized carbons (Fsp3) is 0.857. The number of carboxylic acids is 1. The van der Waals surface area contributed by atoms with Gasteiger partial charge in [-0.15, -0.1) is 0 Å². The Kier molecular flexibility index (Phi) is 4.80. The Balaban J connectivity index is 1.85. The van der Waals surface area contributed by atoms with E-state index in [2.05, 4.69) is 5.32 Å². The molecule has 2 aliphatic carbocycles. The Morgan fingerprint density at radius 1 is 1.05 bits per heavy atom. The minimum atomic E-state index is -0.791. The monoisotopic (exact) mass is 269 g/mol. The van der Waals surface area contributed by atoms with Gasteiger partial charge < -0.3 is 15.5 Å². The number of aliphatic hydroxyl groups excluding tert-OH is 1. The van der Waals surface area contributed by atoms with Gasteiger partial charge in [-0.05, 0) is 32.1 Å². The molecule has 5 heteroatoms. The van der Waals surface area contributed by atoms with Crippen LogP contribution in [0.15, 0.2) is 0 Å². The molecule has 0 saturated heterocycles. The fourth-order valence-corrected chi connectivity index (χ4v) is 3.36. The number of carboxylic acid groups (broad SMARTS) is 1. The zero-order valence-corrected chi connectivity index (χ0v) is 11.2. The Morgan fingerprint density at radius 3 is 2.37 bits per heavy atom. The van der Waals surface area contributed by atoms with E-state index in [9.17, 15) is 14.7 Å². The standard InChI is InChI=1S/C14H23NO4/c16-8-11-3-1-2-4-12(11)15-13(17)9-5-6-10(7-9)14(18)19/h9-12,16H,1-8H2,(H,15,17)(H,18,19). The van der Waals surface area contributed by atoms with Crippen molar-refractivity contribution in [2.45, 2.75) is 51.0 Å². The number of amides is 1. The van der Waals surface area contributed by atoms with Crippen LogP contribution >= 0.6 is 0 Å². The van der Waals surface area contributed by atoms with E-state index in [-0.39, 0.29) is 36.3 Å². The molecule has 4 unspecified atom stereocenters. The highest BCUT2D eigenvalue weighted by Gasteiger charge is 2.35. The van der Waals surface area contributed by atoms with Gasteiger partial charge in [0.2, 0.25) is 5.91 Å². The van der Waals surface area contributed by atoms with E-state index in [4.69, 9.17) is 5.11 Å². The van der Waals surface area contributed by atoms with E-state index in [1.165, 1.54) is 0 Å². The maximum Gasteiger partial charge on any atom is 0.306 e. The lowest BCUT2D eigenvalue weighted by atomic mass is 9.84. The van der Waals surface area contributed by atoms with Gasteiger partial charge in [0.15, 0.2) is 0 Å². The molecule has 0 heterocycles. The second kappa shape index (κ2) is 6.37. The van der Waals surface area contributed by atoms with Gasteiger partial charge in [-0.25, -0.2) is 0 Å². The van der Waals surface area contributed by atoms with Gasteiger partial charge in [0, 0.05) is 24.5 Å². The molecule has 0 aromatic heterocycles. The van der Waals surface area contributed by atoms with E-state index in [1.807, 2.05) is 0 Å². The smallest absolute Gasteiger partial charge is 0.306 e. The molecule has 0 aliphatic heterocycles. The highest BCUT2D eigenvalue weighted by atomic mass is 16.4. The molecule has 0 spiro atoms. The minimum absolute atomic E-state index is 0.0194. The molecule has 4 atom stereocenters. The summed E-state index contributed by atoms with van der Waals surface area (Å²) in [4.78, 5) is 23.1. The average Bonchev–Trinajstić information content (AvgIpc) is 2.89. The molecule has 2 aliphatic rings. The average molecular weight is 269 g/mol. The Morgan fingerprint density at radius 2 is 1.74 bits per heavy atom. The predicted octanol–water partition coefficient (Wildman–Crippen LogP) is 1.15. The number of aliphatic carboxylic acids is 1. The zero-order chi connectivity index (χ0) is 13.8. The topological polar surface area (TPSA) is 86.6 Å². The molecular weight excluding hydrogens is 246 g/mol. The number of carbonyl (C=O) groups is 2. The van der Waals surface area contributed by atoms with Crippen molar-refractivity contribution in [3.05, 3.63) is 0 Å². The molecule has 3 N–H and O–H groups in total. The molecule has 0 aromatic carbocycles. The summed E-state index contributed by atoms with van der Waals surface area (Å²) in [5.74, 6) is -1.18. The van der Waals surface area contributed by atoms with Crippen LogP contribution in [0, 0.1) is 17.8 Å². The van der Waals surface area contributed by atoms with Crippen molar-refractivity contribution >= 4 is 11.9 Å². The number of hydrogen-bond acceptors (Lipinski definition) is 3. The number of aliphatic hydroxyl groups is 1.